The Balaban J connectivity index is 1.61. The van der Waals surface area contributed by atoms with Crippen LogP contribution < -0.4 is 26.6 Å². The molecular weight excluding hydrogens is 654 g/mol. The maximum Gasteiger partial charge on any atom is 0.268 e. The quantitative estimate of drug-likeness (QED) is 0.254. The van der Waals surface area contributed by atoms with Gasteiger partial charge in [-0.3, -0.25) is 28.8 Å². The van der Waals surface area contributed by atoms with Crippen LogP contribution in [0.25, 0.3) is 0 Å². The summed E-state index contributed by atoms with van der Waals surface area (Å²) in [6.45, 7) is 3.60. The first kappa shape index (κ1) is 37.4. The second-order valence-electron chi connectivity index (χ2n) is 12.6. The van der Waals surface area contributed by atoms with Crippen LogP contribution in [0, 0.1) is 0 Å². The van der Waals surface area contributed by atoms with Crippen molar-refractivity contribution in [2.75, 3.05) is 13.1 Å². The van der Waals surface area contributed by atoms with Crippen LogP contribution in [0.3, 0.4) is 0 Å². The third-order valence-corrected chi connectivity index (χ3v) is 9.09. The molecule has 2 aromatic rings. The molecule has 2 fully saturated rings. The molecule has 3 heterocycles. The number of carbonyl (C=O) groups is 6. The Labute approximate surface area is 290 Å². The number of fused-ring (bicyclic) bond motifs is 1. The van der Waals surface area contributed by atoms with Crippen LogP contribution in [0.5, 0.6) is 0 Å². The van der Waals surface area contributed by atoms with Gasteiger partial charge in [-0.15, -0.1) is 0 Å². The minimum atomic E-state index is -1.47. The zero-order valence-corrected chi connectivity index (χ0v) is 28.8. The highest BCUT2D eigenvalue weighted by Gasteiger charge is 2.39. The largest absolute Gasteiger partial charge is 0.391 e. The second-order valence-corrected chi connectivity index (χ2v) is 13.0. The van der Waals surface area contributed by atoms with Crippen LogP contribution in [-0.2, 0) is 37.4 Å². The van der Waals surface area contributed by atoms with E-state index in [-0.39, 0.29) is 37.4 Å². The molecule has 2 saturated heterocycles. The van der Waals surface area contributed by atoms with Gasteiger partial charge in [0.2, 0.25) is 29.5 Å². The number of nitrogens with zero attached hydrogens (tertiary/aromatic N) is 2. The summed E-state index contributed by atoms with van der Waals surface area (Å²) in [6.07, 6.45) is 2.59. The Morgan fingerprint density at radius 3 is 2.33 bits per heavy atom. The molecule has 6 amide bonds. The number of aryl methyl sites for hydroxylation is 1. The zero-order chi connectivity index (χ0) is 35.7. The molecule has 49 heavy (non-hydrogen) atoms. The monoisotopic (exact) mass is 699 g/mol. The number of hydrogen-bond acceptors (Lipinski definition) is 7. The van der Waals surface area contributed by atoms with Crippen LogP contribution in [0.15, 0.2) is 42.6 Å². The van der Waals surface area contributed by atoms with Gasteiger partial charge in [-0.25, -0.2) is 0 Å². The van der Waals surface area contributed by atoms with E-state index in [9.17, 15) is 33.9 Å². The first-order valence-electron chi connectivity index (χ1n) is 16.7. The summed E-state index contributed by atoms with van der Waals surface area (Å²) in [6, 6.07) is 5.09. The first-order chi connectivity index (χ1) is 23.4. The van der Waals surface area contributed by atoms with Crippen LogP contribution in [0.1, 0.15) is 68.4 Å². The minimum absolute atomic E-state index is 0.118. The number of aliphatic hydroxyl groups excluding tert-OH is 1. The van der Waals surface area contributed by atoms with E-state index in [2.05, 4.69) is 26.6 Å². The summed E-state index contributed by atoms with van der Waals surface area (Å²) in [4.78, 5) is 82.6. The lowest BCUT2D eigenvalue weighted by molar-refractivity contribution is -0.142. The number of hydrogen-bond donors (Lipinski definition) is 6. The zero-order valence-electron chi connectivity index (χ0n) is 28.0. The molecular formula is C34H46ClN7O7. The van der Waals surface area contributed by atoms with Crippen LogP contribution in [0.4, 0.5) is 0 Å². The minimum Gasteiger partial charge on any atom is -0.391 e. The van der Waals surface area contributed by atoms with Gasteiger partial charge in [0.05, 0.1) is 11.1 Å². The van der Waals surface area contributed by atoms with Gasteiger partial charge in [-0.05, 0) is 57.1 Å². The van der Waals surface area contributed by atoms with Gasteiger partial charge in [-0.1, -0.05) is 48.9 Å². The lowest BCUT2D eigenvalue weighted by Gasteiger charge is -2.30. The molecule has 15 heteroatoms. The van der Waals surface area contributed by atoms with E-state index in [4.69, 9.17) is 11.6 Å². The number of amides is 6. The average molecular weight is 700 g/mol. The van der Waals surface area contributed by atoms with Crippen LogP contribution in [-0.4, -0.2) is 99.4 Å². The van der Waals surface area contributed by atoms with Gasteiger partial charge in [0, 0.05) is 32.8 Å². The highest BCUT2D eigenvalue weighted by atomic mass is 35.5. The molecule has 0 aliphatic carbocycles. The fourth-order valence-electron chi connectivity index (χ4n) is 6.15. The van der Waals surface area contributed by atoms with Crippen molar-refractivity contribution in [1.82, 2.24) is 36.1 Å². The maximum absolute atomic E-state index is 14.0. The van der Waals surface area contributed by atoms with E-state index in [1.807, 2.05) is 30.3 Å². The van der Waals surface area contributed by atoms with Crippen molar-refractivity contribution in [3.05, 3.63) is 58.9 Å². The van der Waals surface area contributed by atoms with E-state index in [0.29, 0.717) is 37.3 Å². The highest BCUT2D eigenvalue weighted by Crippen LogP contribution is 2.20. The van der Waals surface area contributed by atoms with E-state index >= 15 is 0 Å². The van der Waals surface area contributed by atoms with Crippen molar-refractivity contribution in [3.63, 3.8) is 0 Å². The molecule has 0 spiro atoms. The molecule has 0 saturated carbocycles. The Bertz CT molecular complexity index is 1520. The molecule has 0 unspecified atom stereocenters. The number of nitrogens with one attached hydrogen (secondary N) is 5. The first-order valence-corrected chi connectivity index (χ1v) is 17.1. The molecule has 4 rings (SSSR count). The SMILES string of the molecule is CC[C@@H]1NC(=O)[C@@H](NC(=O)c2cc(Cl)cn2C)CCCCNC(=O)[C@@H]2CCCN2C(=O)[C@@H](Cc2ccccc2)NC(=O)[C@H]([C@@H](C)O)NC1=O. The second kappa shape index (κ2) is 17.3. The smallest absolute Gasteiger partial charge is 0.268 e. The van der Waals surface area contributed by atoms with Gasteiger partial charge in [0.25, 0.3) is 5.91 Å². The molecule has 266 valence electrons. The molecule has 0 bridgehead atoms. The molecule has 2 aliphatic heterocycles. The van der Waals surface area contributed by atoms with Crippen molar-refractivity contribution < 1.29 is 33.9 Å². The summed E-state index contributed by atoms with van der Waals surface area (Å²) in [7, 11) is 1.64. The van der Waals surface area contributed by atoms with E-state index in [0.717, 1.165) is 5.56 Å². The molecule has 6 atom stereocenters. The van der Waals surface area contributed by atoms with Crippen molar-refractivity contribution in [2.45, 2.75) is 95.1 Å². The number of halogens is 1. The van der Waals surface area contributed by atoms with Crippen molar-refractivity contribution in [3.8, 4) is 0 Å². The number of carbonyl (C=O) groups excluding carboxylic acids is 6. The summed E-state index contributed by atoms with van der Waals surface area (Å²) in [5, 5.41) is 24.5. The van der Waals surface area contributed by atoms with E-state index in [1.54, 1.807) is 20.2 Å². The Hall–Kier alpha value is -4.43. The third-order valence-electron chi connectivity index (χ3n) is 8.88. The highest BCUT2D eigenvalue weighted by molar-refractivity contribution is 6.31. The molecule has 14 nitrogen and oxygen atoms in total. The fourth-order valence-corrected chi connectivity index (χ4v) is 6.40. The molecule has 0 radical (unpaired) electrons. The summed E-state index contributed by atoms with van der Waals surface area (Å²) in [5.41, 5.74) is 1.00. The third kappa shape index (κ3) is 9.82. The Kier molecular flexibility index (Phi) is 13.2. The predicted molar refractivity (Wildman–Crippen MR) is 181 cm³/mol. The van der Waals surface area contributed by atoms with Crippen LogP contribution in [0.2, 0.25) is 5.02 Å². The number of aliphatic hydroxyl groups is 1. The van der Waals surface area contributed by atoms with Crippen molar-refractivity contribution in [2.24, 2.45) is 7.05 Å². The maximum atomic E-state index is 14.0. The lowest BCUT2D eigenvalue weighted by atomic mass is 10.0. The topological polar surface area (TPSA) is 191 Å². The van der Waals surface area contributed by atoms with Crippen molar-refractivity contribution in [1.29, 1.82) is 0 Å². The number of rotatable bonds is 6. The Morgan fingerprint density at radius 2 is 1.67 bits per heavy atom. The Morgan fingerprint density at radius 1 is 0.959 bits per heavy atom. The van der Waals surface area contributed by atoms with Gasteiger partial charge in [-0.2, -0.15) is 0 Å². The number of benzene rings is 1. The molecule has 1 aromatic carbocycles. The van der Waals surface area contributed by atoms with Gasteiger partial charge in [0.1, 0.15) is 35.9 Å². The predicted octanol–water partition coefficient (Wildman–Crippen LogP) is 0.556. The van der Waals surface area contributed by atoms with Gasteiger partial charge < -0.3 is 41.2 Å². The summed E-state index contributed by atoms with van der Waals surface area (Å²) < 4.78 is 1.53. The summed E-state index contributed by atoms with van der Waals surface area (Å²) in [5.74, 6) is -3.46. The van der Waals surface area contributed by atoms with Gasteiger partial charge in [0.15, 0.2) is 0 Å². The molecule has 1 aromatic heterocycles. The fraction of sp³-hybridized carbons (Fsp3) is 0.529. The molecule has 6 N–H and O–H groups in total. The van der Waals surface area contributed by atoms with E-state index < -0.39 is 65.8 Å². The van der Waals surface area contributed by atoms with Gasteiger partial charge >= 0.3 is 0 Å². The van der Waals surface area contributed by atoms with Crippen molar-refractivity contribution >= 4 is 47.0 Å². The van der Waals surface area contributed by atoms with Crippen LogP contribution >= 0.6 is 11.6 Å². The number of aromatic nitrogens is 1. The molecule has 2 aliphatic rings. The standard InChI is InChI=1S/C34H46ClN7O7/c1-4-23-29(44)40-28(20(2)43)33(48)39-25(17-21-11-6-5-7-12-21)34(49)42-16-10-14-26(42)31(46)36-15-9-8-13-24(30(45)37-23)38-32(47)27-18-22(35)19-41(27)3/h5-7,11-12,18-20,23-26,28,43H,4,8-10,13-17H2,1-3H3,(H,36,46)(H,37,45)(H,38,47)(H,39,48)(H,40,44)/t20-,23+,24+,25-,26+,28+/m1/s1. The average Bonchev–Trinajstić information content (AvgIpc) is 3.70. The lowest BCUT2D eigenvalue weighted by Crippen LogP contribution is -2.61. The summed E-state index contributed by atoms with van der Waals surface area (Å²) >= 11 is 6.06. The van der Waals surface area contributed by atoms with E-state index in [1.165, 1.54) is 22.5 Å². The normalized spacial score (nSPS) is 25.4.